The molecule has 138 valence electrons. The van der Waals surface area contributed by atoms with Crippen LogP contribution in [0, 0.1) is 31.5 Å². The van der Waals surface area contributed by atoms with Crippen LogP contribution in [0.1, 0.15) is 35.4 Å². The second-order valence-electron chi connectivity index (χ2n) is 8.11. The van der Waals surface area contributed by atoms with Crippen molar-refractivity contribution in [2.24, 2.45) is 11.8 Å². The van der Waals surface area contributed by atoms with Gasteiger partial charge in [-0.3, -0.25) is 9.59 Å². The van der Waals surface area contributed by atoms with Gasteiger partial charge < -0.3 is 4.74 Å². The summed E-state index contributed by atoms with van der Waals surface area (Å²) < 4.78 is 19.1. The Kier molecular flexibility index (Phi) is 3.63. The van der Waals surface area contributed by atoms with Gasteiger partial charge in [0.05, 0.1) is 24.0 Å². The molecule has 27 heavy (non-hydrogen) atoms. The van der Waals surface area contributed by atoms with Crippen LogP contribution in [0.25, 0.3) is 11.1 Å². The van der Waals surface area contributed by atoms with Gasteiger partial charge in [-0.25, -0.2) is 4.39 Å². The molecule has 2 aliphatic heterocycles. The Morgan fingerprint density at radius 1 is 0.852 bits per heavy atom. The van der Waals surface area contributed by atoms with Gasteiger partial charge in [-0.1, -0.05) is 24.3 Å². The Morgan fingerprint density at radius 3 is 1.89 bits per heavy atom. The molecule has 0 aromatic heterocycles. The van der Waals surface area contributed by atoms with Crippen molar-refractivity contribution < 1.29 is 18.7 Å². The van der Waals surface area contributed by atoms with Crippen LogP contribution >= 0.6 is 0 Å². The number of ketones is 2. The monoisotopic (exact) mass is 364 g/mol. The number of fused-ring (bicyclic) bond motifs is 5. The van der Waals surface area contributed by atoms with E-state index in [1.54, 1.807) is 12.1 Å². The van der Waals surface area contributed by atoms with Crippen molar-refractivity contribution >= 4 is 11.6 Å². The quantitative estimate of drug-likeness (QED) is 0.753. The molecule has 2 heterocycles. The van der Waals surface area contributed by atoms with E-state index >= 15 is 0 Å². The number of ether oxygens (including phenoxy) is 1. The molecule has 3 fully saturated rings. The maximum atomic E-state index is 13.2. The molecule has 5 atom stereocenters. The molecule has 5 rings (SSSR count). The topological polar surface area (TPSA) is 43.4 Å². The first kappa shape index (κ1) is 16.8. The molecule has 0 amide bonds. The van der Waals surface area contributed by atoms with Crippen LogP contribution < -0.4 is 0 Å². The van der Waals surface area contributed by atoms with Gasteiger partial charge in [0.1, 0.15) is 11.7 Å². The molecular formula is C23H21FO3. The highest BCUT2D eigenvalue weighted by Gasteiger charge is 2.63. The van der Waals surface area contributed by atoms with Crippen LogP contribution in [0.5, 0.6) is 0 Å². The number of carbonyl (C=O) groups excluding carboxylic acids is 2. The van der Waals surface area contributed by atoms with Gasteiger partial charge >= 0.3 is 0 Å². The smallest absolute Gasteiger partial charge is 0.154 e. The predicted molar refractivity (Wildman–Crippen MR) is 98.9 cm³/mol. The van der Waals surface area contributed by atoms with Crippen LogP contribution in [-0.4, -0.2) is 23.8 Å². The zero-order chi connectivity index (χ0) is 18.9. The van der Waals surface area contributed by atoms with Gasteiger partial charge in [0.25, 0.3) is 0 Å². The summed E-state index contributed by atoms with van der Waals surface area (Å²) >= 11 is 0. The van der Waals surface area contributed by atoms with E-state index in [-0.39, 0.29) is 41.4 Å². The molecule has 3 unspecified atom stereocenters. The fourth-order valence-electron chi connectivity index (χ4n) is 5.45. The Bertz CT molecular complexity index is 911. The van der Waals surface area contributed by atoms with Crippen LogP contribution in [0.2, 0.25) is 0 Å². The summed E-state index contributed by atoms with van der Waals surface area (Å²) in [5, 5.41) is 0. The number of hydrogen-bond donors (Lipinski definition) is 0. The molecular weight excluding hydrogens is 343 g/mol. The standard InChI is InChI=1S/C23H21FO3/c1-11-9-14(13-3-5-15(24)6-4-13)10-12(2)18(11)21-22(25)19-16-7-8-17(27-16)20(19)23(21)26/h3-6,9-10,16-17,19-21H,7-8H2,1-2H3/t16?,17?,19-,20+,21?. The molecule has 1 saturated carbocycles. The lowest BCUT2D eigenvalue weighted by Crippen LogP contribution is -2.29. The zero-order valence-electron chi connectivity index (χ0n) is 15.4. The first-order chi connectivity index (χ1) is 13.0. The molecule has 0 spiro atoms. The van der Waals surface area contributed by atoms with Gasteiger partial charge in [-0.15, -0.1) is 0 Å². The Morgan fingerprint density at radius 2 is 1.37 bits per heavy atom. The zero-order valence-corrected chi connectivity index (χ0v) is 15.4. The lowest BCUT2D eigenvalue weighted by atomic mass is 9.81. The van der Waals surface area contributed by atoms with Gasteiger partial charge in [0, 0.05) is 0 Å². The molecule has 2 aromatic carbocycles. The SMILES string of the molecule is Cc1cc(-c2ccc(F)cc2)cc(C)c1C1C(=O)[C@@H]2C3CCC(O3)[C@@H]2C1=O. The minimum absolute atomic E-state index is 0.0398. The van der Waals surface area contributed by atoms with E-state index in [9.17, 15) is 14.0 Å². The number of halogens is 1. The number of benzene rings is 2. The average molecular weight is 364 g/mol. The third-order valence-electron chi connectivity index (χ3n) is 6.56. The van der Waals surface area contributed by atoms with E-state index in [1.165, 1.54) is 12.1 Å². The largest absolute Gasteiger partial charge is 0.373 e. The summed E-state index contributed by atoms with van der Waals surface area (Å²) in [7, 11) is 0. The van der Waals surface area contributed by atoms with Crippen molar-refractivity contribution in [2.75, 3.05) is 0 Å². The molecule has 2 aromatic rings. The van der Waals surface area contributed by atoms with E-state index < -0.39 is 5.92 Å². The summed E-state index contributed by atoms with van der Waals surface area (Å²) in [6.07, 6.45) is 1.64. The summed E-state index contributed by atoms with van der Waals surface area (Å²) in [5.41, 5.74) is 4.62. The van der Waals surface area contributed by atoms with E-state index in [0.717, 1.165) is 40.7 Å². The maximum Gasteiger partial charge on any atom is 0.154 e. The highest BCUT2D eigenvalue weighted by Crippen LogP contribution is 2.53. The number of Topliss-reactive ketones (excluding diaryl/α,β-unsaturated/α-hetero) is 2. The third kappa shape index (κ3) is 2.36. The Hall–Kier alpha value is -2.33. The van der Waals surface area contributed by atoms with Crippen LogP contribution in [0.15, 0.2) is 36.4 Å². The van der Waals surface area contributed by atoms with Crippen molar-refractivity contribution in [3.63, 3.8) is 0 Å². The molecule has 2 saturated heterocycles. The average Bonchev–Trinajstić information content (AvgIpc) is 3.31. The van der Waals surface area contributed by atoms with E-state index in [0.29, 0.717) is 0 Å². The Balaban J connectivity index is 1.55. The number of aryl methyl sites for hydroxylation is 2. The number of hydrogen-bond acceptors (Lipinski definition) is 3. The first-order valence-corrected chi connectivity index (χ1v) is 9.55. The summed E-state index contributed by atoms with van der Waals surface area (Å²) in [6.45, 7) is 3.91. The Labute approximate surface area is 157 Å². The van der Waals surface area contributed by atoms with Gasteiger partial charge in [-0.05, 0) is 66.6 Å². The molecule has 1 aliphatic carbocycles. The van der Waals surface area contributed by atoms with Crippen LogP contribution in [0.3, 0.4) is 0 Å². The summed E-state index contributed by atoms with van der Waals surface area (Å²) in [5.74, 6) is -1.35. The van der Waals surface area contributed by atoms with Crippen molar-refractivity contribution in [1.29, 1.82) is 0 Å². The van der Waals surface area contributed by atoms with Crippen molar-refractivity contribution in [3.05, 3.63) is 58.9 Å². The van der Waals surface area contributed by atoms with E-state index in [2.05, 4.69) is 0 Å². The second kappa shape index (κ2) is 5.83. The van der Waals surface area contributed by atoms with Crippen molar-refractivity contribution in [1.82, 2.24) is 0 Å². The highest BCUT2D eigenvalue weighted by molar-refractivity contribution is 6.17. The molecule has 4 heteroatoms. The number of carbonyl (C=O) groups is 2. The second-order valence-corrected chi connectivity index (χ2v) is 8.11. The third-order valence-corrected chi connectivity index (χ3v) is 6.56. The molecule has 0 N–H and O–H groups in total. The van der Waals surface area contributed by atoms with Gasteiger partial charge in [-0.2, -0.15) is 0 Å². The van der Waals surface area contributed by atoms with Gasteiger partial charge in [0.15, 0.2) is 11.6 Å². The minimum Gasteiger partial charge on any atom is -0.373 e. The first-order valence-electron chi connectivity index (χ1n) is 9.55. The fourth-order valence-corrected chi connectivity index (χ4v) is 5.45. The normalized spacial score (nSPS) is 31.6. The molecule has 3 aliphatic rings. The summed E-state index contributed by atoms with van der Waals surface area (Å²) in [6, 6.07) is 10.4. The van der Waals surface area contributed by atoms with E-state index in [1.807, 2.05) is 26.0 Å². The lowest BCUT2D eigenvalue weighted by molar-refractivity contribution is -0.127. The van der Waals surface area contributed by atoms with Crippen molar-refractivity contribution in [2.45, 2.75) is 44.8 Å². The number of rotatable bonds is 2. The van der Waals surface area contributed by atoms with Gasteiger partial charge in [0.2, 0.25) is 0 Å². The maximum absolute atomic E-state index is 13.2. The van der Waals surface area contributed by atoms with Crippen LogP contribution in [-0.2, 0) is 14.3 Å². The predicted octanol–water partition coefficient (Wildman–Crippen LogP) is 4.14. The lowest BCUT2D eigenvalue weighted by Gasteiger charge is -2.18. The van der Waals surface area contributed by atoms with Crippen LogP contribution in [0.4, 0.5) is 4.39 Å². The minimum atomic E-state index is -0.658. The van der Waals surface area contributed by atoms with Crippen molar-refractivity contribution in [3.8, 4) is 11.1 Å². The highest BCUT2D eigenvalue weighted by atomic mass is 19.1. The van der Waals surface area contributed by atoms with E-state index in [4.69, 9.17) is 4.74 Å². The fraction of sp³-hybridized carbons (Fsp3) is 0.391. The summed E-state index contributed by atoms with van der Waals surface area (Å²) in [4.78, 5) is 26.3. The molecule has 3 nitrogen and oxygen atoms in total. The molecule has 0 radical (unpaired) electrons. The molecule has 2 bridgehead atoms.